The third-order valence-electron chi connectivity index (χ3n) is 4.05. The van der Waals surface area contributed by atoms with Crippen LogP contribution in [0.1, 0.15) is 30.6 Å². The minimum absolute atomic E-state index is 0.0811. The molecule has 2 rings (SSSR count). The van der Waals surface area contributed by atoms with Crippen LogP contribution in [0.4, 0.5) is 11.4 Å². The molecule has 0 heterocycles. The second kappa shape index (κ2) is 10.3. The summed E-state index contributed by atoms with van der Waals surface area (Å²) < 4.78 is 5.72. The van der Waals surface area contributed by atoms with Gasteiger partial charge < -0.3 is 20.3 Å². The lowest BCUT2D eigenvalue weighted by Crippen LogP contribution is -2.23. The zero-order chi connectivity index (χ0) is 20.5. The van der Waals surface area contributed by atoms with Gasteiger partial charge in [-0.25, -0.2) is 0 Å². The smallest absolute Gasteiger partial charge is 0.253 e. The van der Waals surface area contributed by atoms with Crippen LogP contribution in [0.5, 0.6) is 5.75 Å². The Kier molecular flexibility index (Phi) is 7.87. The van der Waals surface area contributed by atoms with E-state index in [0.717, 1.165) is 12.2 Å². The van der Waals surface area contributed by atoms with E-state index in [2.05, 4.69) is 24.5 Å². The van der Waals surface area contributed by atoms with Crippen molar-refractivity contribution in [2.24, 2.45) is 5.92 Å². The highest BCUT2D eigenvalue weighted by Crippen LogP contribution is 2.18. The van der Waals surface area contributed by atoms with E-state index < -0.39 is 0 Å². The van der Waals surface area contributed by atoms with Crippen molar-refractivity contribution in [3.8, 4) is 5.75 Å². The van der Waals surface area contributed by atoms with Crippen LogP contribution in [0, 0.1) is 5.92 Å². The molecule has 0 bridgehead atoms. The Balaban J connectivity index is 1.87. The van der Waals surface area contributed by atoms with Crippen LogP contribution in [0.3, 0.4) is 0 Å². The Bertz CT molecular complexity index is 803. The number of ether oxygens (including phenoxy) is 1. The Labute approximate surface area is 166 Å². The lowest BCUT2D eigenvalue weighted by atomic mass is 10.1. The molecule has 0 radical (unpaired) electrons. The summed E-state index contributed by atoms with van der Waals surface area (Å²) in [5, 5.41) is 5.90. The molecular formula is C22H29N3O3. The average molecular weight is 383 g/mol. The number of anilines is 2. The average Bonchev–Trinajstić information content (AvgIpc) is 2.66. The van der Waals surface area contributed by atoms with Gasteiger partial charge in [-0.15, -0.1) is 0 Å². The third kappa shape index (κ3) is 6.95. The van der Waals surface area contributed by atoms with Crippen LogP contribution in [0.15, 0.2) is 48.5 Å². The first-order valence-electron chi connectivity index (χ1n) is 9.43. The zero-order valence-corrected chi connectivity index (χ0v) is 17.0. The molecule has 0 unspecified atom stereocenters. The summed E-state index contributed by atoms with van der Waals surface area (Å²) in [5.41, 5.74) is 1.97. The van der Waals surface area contributed by atoms with Gasteiger partial charge in [-0.05, 0) is 42.7 Å². The third-order valence-corrected chi connectivity index (χ3v) is 4.05. The summed E-state index contributed by atoms with van der Waals surface area (Å²) in [4.78, 5) is 25.8. The van der Waals surface area contributed by atoms with E-state index in [1.807, 2.05) is 30.3 Å². The summed E-state index contributed by atoms with van der Waals surface area (Å²) in [5.74, 6) is 1.06. The summed E-state index contributed by atoms with van der Waals surface area (Å²) in [7, 11) is 3.41. The van der Waals surface area contributed by atoms with Crippen molar-refractivity contribution in [1.82, 2.24) is 4.90 Å². The molecule has 0 aliphatic carbocycles. The van der Waals surface area contributed by atoms with Crippen LogP contribution in [0.25, 0.3) is 0 Å². The fourth-order valence-electron chi connectivity index (χ4n) is 2.48. The van der Waals surface area contributed by atoms with Crippen molar-refractivity contribution in [3.05, 3.63) is 54.1 Å². The van der Waals surface area contributed by atoms with Gasteiger partial charge in [0.2, 0.25) is 5.91 Å². The molecule has 2 N–H and O–H groups in total. The molecule has 0 atom stereocenters. The van der Waals surface area contributed by atoms with Gasteiger partial charge in [0.25, 0.3) is 5.91 Å². The largest absolute Gasteiger partial charge is 0.494 e. The van der Waals surface area contributed by atoms with E-state index in [1.165, 1.54) is 4.90 Å². The Hall–Kier alpha value is -3.02. The molecule has 0 saturated heterocycles. The van der Waals surface area contributed by atoms with Crippen molar-refractivity contribution in [3.63, 3.8) is 0 Å². The van der Waals surface area contributed by atoms with E-state index in [1.54, 1.807) is 32.3 Å². The van der Waals surface area contributed by atoms with Crippen LogP contribution < -0.4 is 15.4 Å². The van der Waals surface area contributed by atoms with Gasteiger partial charge in [-0.1, -0.05) is 26.0 Å². The lowest BCUT2D eigenvalue weighted by Gasteiger charge is -2.13. The van der Waals surface area contributed by atoms with E-state index in [0.29, 0.717) is 29.5 Å². The molecule has 0 aliphatic heterocycles. The first-order chi connectivity index (χ1) is 13.3. The van der Waals surface area contributed by atoms with Crippen molar-refractivity contribution < 1.29 is 14.3 Å². The molecule has 0 aliphatic rings. The Morgan fingerprint density at radius 3 is 2.46 bits per heavy atom. The SMILES string of the molecule is CC(C)CCOc1cccc(NC(=O)CNc2cccc(C(=O)N(C)C)c2)c1. The topological polar surface area (TPSA) is 70.7 Å². The lowest BCUT2D eigenvalue weighted by molar-refractivity contribution is -0.114. The summed E-state index contributed by atoms with van der Waals surface area (Å²) >= 11 is 0. The summed E-state index contributed by atoms with van der Waals surface area (Å²) in [6.07, 6.45) is 0.982. The van der Waals surface area contributed by atoms with Crippen molar-refractivity contribution >= 4 is 23.2 Å². The first kappa shape index (κ1) is 21.3. The molecule has 6 heteroatoms. The molecule has 2 aromatic rings. The molecule has 6 nitrogen and oxygen atoms in total. The van der Waals surface area contributed by atoms with Gasteiger partial charge in [0.05, 0.1) is 13.2 Å². The van der Waals surface area contributed by atoms with Crippen LogP contribution in [-0.4, -0.2) is 44.0 Å². The van der Waals surface area contributed by atoms with Crippen LogP contribution >= 0.6 is 0 Å². The van der Waals surface area contributed by atoms with Gasteiger partial charge in [-0.2, -0.15) is 0 Å². The molecule has 2 aromatic carbocycles. The number of benzene rings is 2. The number of hydrogen-bond donors (Lipinski definition) is 2. The first-order valence-corrected chi connectivity index (χ1v) is 9.43. The highest BCUT2D eigenvalue weighted by molar-refractivity contribution is 5.96. The van der Waals surface area contributed by atoms with Gasteiger partial charge in [-0.3, -0.25) is 9.59 Å². The van der Waals surface area contributed by atoms with Gasteiger partial charge in [0, 0.05) is 37.1 Å². The number of carbonyl (C=O) groups excluding carboxylic acids is 2. The van der Waals surface area contributed by atoms with Crippen LogP contribution in [-0.2, 0) is 4.79 Å². The Morgan fingerprint density at radius 2 is 1.75 bits per heavy atom. The minimum atomic E-state index is -0.177. The summed E-state index contributed by atoms with van der Waals surface area (Å²) in [6.45, 7) is 5.05. The molecule has 150 valence electrons. The van der Waals surface area contributed by atoms with Gasteiger partial charge in [0.1, 0.15) is 5.75 Å². The molecule has 2 amide bonds. The second-order valence-corrected chi connectivity index (χ2v) is 7.24. The monoisotopic (exact) mass is 383 g/mol. The fraction of sp³-hybridized carbons (Fsp3) is 0.364. The molecule has 0 aromatic heterocycles. The van der Waals surface area contributed by atoms with Crippen molar-refractivity contribution in [2.75, 3.05) is 37.9 Å². The fourth-order valence-corrected chi connectivity index (χ4v) is 2.48. The highest BCUT2D eigenvalue weighted by atomic mass is 16.5. The number of rotatable bonds is 9. The minimum Gasteiger partial charge on any atom is -0.494 e. The quantitative estimate of drug-likeness (QED) is 0.690. The number of amides is 2. The van der Waals surface area contributed by atoms with E-state index >= 15 is 0 Å². The van der Waals surface area contributed by atoms with E-state index in [4.69, 9.17) is 4.74 Å². The molecule has 0 spiro atoms. The zero-order valence-electron chi connectivity index (χ0n) is 17.0. The number of nitrogens with one attached hydrogen (secondary N) is 2. The standard InChI is InChI=1S/C22H29N3O3/c1-16(2)11-12-28-20-10-6-9-19(14-20)24-21(26)15-23-18-8-5-7-17(13-18)22(27)25(3)4/h5-10,13-14,16,23H,11-12,15H2,1-4H3,(H,24,26). The predicted octanol–water partition coefficient (Wildman–Crippen LogP) is 3.86. The normalized spacial score (nSPS) is 10.5. The summed E-state index contributed by atoms with van der Waals surface area (Å²) in [6, 6.07) is 14.5. The maximum absolute atomic E-state index is 12.2. The maximum atomic E-state index is 12.2. The van der Waals surface area contributed by atoms with Gasteiger partial charge in [0.15, 0.2) is 0 Å². The van der Waals surface area contributed by atoms with E-state index in [-0.39, 0.29) is 18.4 Å². The highest BCUT2D eigenvalue weighted by Gasteiger charge is 2.09. The predicted molar refractivity (Wildman–Crippen MR) is 113 cm³/mol. The second-order valence-electron chi connectivity index (χ2n) is 7.24. The molecular weight excluding hydrogens is 354 g/mol. The number of hydrogen-bond acceptors (Lipinski definition) is 4. The molecule has 28 heavy (non-hydrogen) atoms. The Morgan fingerprint density at radius 1 is 1.04 bits per heavy atom. The number of carbonyl (C=O) groups is 2. The van der Waals surface area contributed by atoms with E-state index in [9.17, 15) is 9.59 Å². The molecule has 0 saturated carbocycles. The van der Waals surface area contributed by atoms with Crippen molar-refractivity contribution in [2.45, 2.75) is 20.3 Å². The number of nitrogens with zero attached hydrogens (tertiary/aromatic N) is 1. The maximum Gasteiger partial charge on any atom is 0.253 e. The van der Waals surface area contributed by atoms with Crippen molar-refractivity contribution in [1.29, 1.82) is 0 Å². The molecule has 0 fully saturated rings. The van der Waals surface area contributed by atoms with Crippen LogP contribution in [0.2, 0.25) is 0 Å². The van der Waals surface area contributed by atoms with Gasteiger partial charge >= 0.3 is 0 Å².